The molecule has 1 saturated heterocycles. The van der Waals surface area contributed by atoms with Crippen molar-refractivity contribution < 1.29 is 33.8 Å². The number of piperidine rings is 1. The van der Waals surface area contributed by atoms with Crippen molar-refractivity contribution in [1.29, 1.82) is 0 Å². The van der Waals surface area contributed by atoms with Crippen LogP contribution in [0.5, 0.6) is 0 Å². The second-order valence-corrected chi connectivity index (χ2v) is 15.6. The third kappa shape index (κ3) is 11.4. The van der Waals surface area contributed by atoms with Gasteiger partial charge in [0.1, 0.15) is 10.7 Å². The summed E-state index contributed by atoms with van der Waals surface area (Å²) in [5, 5.41) is 17.7. The van der Waals surface area contributed by atoms with Crippen molar-refractivity contribution >= 4 is 40.9 Å². The topological polar surface area (TPSA) is 155 Å². The molecule has 1 aromatic carbocycles. The van der Waals surface area contributed by atoms with E-state index in [9.17, 15) is 29.1 Å². The first-order chi connectivity index (χ1) is 23.7. The molecule has 6 atom stereocenters. The van der Waals surface area contributed by atoms with E-state index in [-0.39, 0.29) is 60.6 Å². The summed E-state index contributed by atoms with van der Waals surface area (Å²) in [6, 6.07) is 6.93. The van der Waals surface area contributed by atoms with Gasteiger partial charge >= 0.3 is 11.9 Å². The first-order valence-corrected chi connectivity index (χ1v) is 18.8. The first-order valence-electron chi connectivity index (χ1n) is 18.0. The van der Waals surface area contributed by atoms with Gasteiger partial charge in [0.05, 0.1) is 12.0 Å². The molecular formula is C38H54N4O7S. The van der Waals surface area contributed by atoms with Gasteiger partial charge in [0.15, 0.2) is 11.9 Å². The maximum Gasteiger partial charge on any atom is 0.306 e. The molecule has 4 rings (SSSR count). The number of Topliss-reactive ketones (excluding diaryl/α,β-unsaturated/α-hetero) is 1. The Morgan fingerprint density at radius 2 is 1.72 bits per heavy atom. The summed E-state index contributed by atoms with van der Waals surface area (Å²) in [7, 11) is 1.98. The monoisotopic (exact) mass is 710 g/mol. The number of nitrogens with zero attached hydrogens (tertiary/aromatic N) is 2. The molecule has 2 heterocycles. The van der Waals surface area contributed by atoms with Crippen LogP contribution in [0, 0.1) is 30.6 Å². The highest BCUT2D eigenvalue weighted by Crippen LogP contribution is 2.40. The number of thiazole rings is 1. The summed E-state index contributed by atoms with van der Waals surface area (Å²) < 4.78 is 5.72. The molecule has 0 spiro atoms. The van der Waals surface area contributed by atoms with Crippen molar-refractivity contribution in [1.82, 2.24) is 20.5 Å². The van der Waals surface area contributed by atoms with Gasteiger partial charge in [-0.25, -0.2) is 4.98 Å². The molecule has 50 heavy (non-hydrogen) atoms. The van der Waals surface area contributed by atoms with Crippen LogP contribution in [-0.4, -0.2) is 76.2 Å². The average Bonchev–Trinajstić information content (AvgIpc) is 3.77. The highest BCUT2D eigenvalue weighted by atomic mass is 32.1. The van der Waals surface area contributed by atoms with Gasteiger partial charge in [0.2, 0.25) is 5.91 Å². The summed E-state index contributed by atoms with van der Waals surface area (Å²) in [6.45, 7) is 9.77. The summed E-state index contributed by atoms with van der Waals surface area (Å²) in [6.07, 6.45) is 5.16. The molecule has 2 amide bonds. The van der Waals surface area contributed by atoms with Crippen LogP contribution in [0.3, 0.4) is 0 Å². The summed E-state index contributed by atoms with van der Waals surface area (Å²) in [4.78, 5) is 71.1. The van der Waals surface area contributed by atoms with Crippen LogP contribution in [0.15, 0.2) is 29.6 Å². The first kappa shape index (κ1) is 39.2. The molecule has 2 aliphatic rings. The van der Waals surface area contributed by atoms with Crippen molar-refractivity contribution in [2.45, 2.75) is 117 Å². The SMILES string of the molecule is CC(=O)O[C@H](C[C@@H](NC(=O)[C@@H](CC(=O)[C@H]1CCCCN1C)C1CC1)C(C)C)c1nc(C(=O)N[C@@H](Cc2ccc(C)cc2)C[C@H](C)C(=O)O)cs1. The quantitative estimate of drug-likeness (QED) is 0.170. The number of aromatic nitrogens is 1. The number of benzene rings is 1. The summed E-state index contributed by atoms with van der Waals surface area (Å²) >= 11 is 1.19. The Kier molecular flexibility index (Phi) is 14.1. The molecule has 274 valence electrons. The highest BCUT2D eigenvalue weighted by molar-refractivity contribution is 7.09. The third-order valence-electron chi connectivity index (χ3n) is 10.0. The molecule has 0 unspecified atom stereocenters. The molecule has 0 bridgehead atoms. The lowest BCUT2D eigenvalue weighted by Crippen LogP contribution is -2.46. The second-order valence-electron chi connectivity index (χ2n) is 14.7. The average molecular weight is 711 g/mol. The van der Waals surface area contributed by atoms with Crippen LogP contribution in [-0.2, 0) is 30.3 Å². The molecule has 3 N–H and O–H groups in total. The molecule has 1 saturated carbocycles. The summed E-state index contributed by atoms with van der Waals surface area (Å²) in [5.74, 6) is -2.79. The van der Waals surface area contributed by atoms with Crippen molar-refractivity contribution in [2.24, 2.45) is 23.7 Å². The molecule has 2 aromatic rings. The Bertz CT molecular complexity index is 1490. The van der Waals surface area contributed by atoms with E-state index in [1.807, 2.05) is 52.1 Å². The number of ketones is 1. The van der Waals surface area contributed by atoms with Gasteiger partial charge in [-0.2, -0.15) is 0 Å². The third-order valence-corrected chi connectivity index (χ3v) is 11.0. The van der Waals surface area contributed by atoms with Gasteiger partial charge < -0.3 is 20.5 Å². The van der Waals surface area contributed by atoms with Gasteiger partial charge in [0, 0.05) is 43.1 Å². The Morgan fingerprint density at radius 3 is 2.32 bits per heavy atom. The van der Waals surface area contributed by atoms with Gasteiger partial charge in [-0.15, -0.1) is 11.3 Å². The van der Waals surface area contributed by atoms with Crippen LogP contribution in [0.4, 0.5) is 0 Å². The predicted molar refractivity (Wildman–Crippen MR) is 192 cm³/mol. The lowest BCUT2D eigenvalue weighted by atomic mass is 9.89. The predicted octanol–water partition coefficient (Wildman–Crippen LogP) is 5.51. The zero-order chi connectivity index (χ0) is 36.5. The number of ether oxygens (including phenoxy) is 1. The minimum absolute atomic E-state index is 0.0153. The van der Waals surface area contributed by atoms with E-state index in [0.29, 0.717) is 11.4 Å². The fourth-order valence-corrected chi connectivity index (χ4v) is 7.59. The number of esters is 1. The zero-order valence-electron chi connectivity index (χ0n) is 30.3. The van der Waals surface area contributed by atoms with Crippen LogP contribution in [0.1, 0.15) is 112 Å². The standard InChI is InChI=1S/C38H54N4O7S/c1-22(2)30(40-35(45)29(27-14-15-27)19-33(44)32-9-7-8-16-42(32)6)20-34(49-25(5)43)37-41-31(21-50-37)36(46)39-28(17-24(4)38(47)48)18-26-12-10-23(3)11-13-26/h10-13,21-22,24,27-30,32,34H,7-9,14-20H2,1-6H3,(H,39,46)(H,40,45)(H,47,48)/t24-,28+,29-,30+,32+,34+/m0/s1. The number of rotatable bonds is 18. The number of hydrogen-bond donors (Lipinski definition) is 3. The molecule has 1 aliphatic heterocycles. The lowest BCUT2D eigenvalue weighted by molar-refractivity contribution is -0.147. The number of nitrogens with one attached hydrogen (secondary N) is 2. The molecule has 1 aromatic heterocycles. The Balaban J connectivity index is 1.45. The molecule has 1 aliphatic carbocycles. The fraction of sp³-hybridized carbons (Fsp3) is 0.632. The Hall–Kier alpha value is -3.64. The van der Waals surface area contributed by atoms with E-state index in [1.54, 1.807) is 12.3 Å². The lowest BCUT2D eigenvalue weighted by Gasteiger charge is -2.32. The number of amides is 2. The van der Waals surface area contributed by atoms with Gasteiger partial charge in [-0.3, -0.25) is 28.9 Å². The largest absolute Gasteiger partial charge is 0.481 e. The number of likely N-dealkylation sites (tertiary alicyclic amines) is 1. The zero-order valence-corrected chi connectivity index (χ0v) is 31.1. The number of likely N-dealkylation sites (N-methyl/N-ethyl adjacent to an activating group) is 1. The van der Waals surface area contributed by atoms with Crippen LogP contribution < -0.4 is 10.6 Å². The van der Waals surface area contributed by atoms with Crippen molar-refractivity contribution in [3.8, 4) is 0 Å². The number of hydrogen-bond acceptors (Lipinski definition) is 9. The normalized spacial score (nSPS) is 19.5. The van der Waals surface area contributed by atoms with Gasteiger partial charge in [-0.1, -0.05) is 57.0 Å². The smallest absolute Gasteiger partial charge is 0.306 e. The molecule has 11 nitrogen and oxygen atoms in total. The summed E-state index contributed by atoms with van der Waals surface area (Å²) in [5.41, 5.74) is 2.22. The maximum atomic E-state index is 13.8. The highest BCUT2D eigenvalue weighted by Gasteiger charge is 2.40. The Labute approximate surface area is 299 Å². The van der Waals surface area contributed by atoms with Crippen molar-refractivity contribution in [3.05, 3.63) is 51.5 Å². The molecule has 2 fully saturated rings. The fourth-order valence-electron chi connectivity index (χ4n) is 6.75. The molecular weight excluding hydrogens is 657 g/mol. The van der Waals surface area contributed by atoms with Crippen LogP contribution >= 0.6 is 11.3 Å². The van der Waals surface area contributed by atoms with Crippen LogP contribution in [0.2, 0.25) is 0 Å². The van der Waals surface area contributed by atoms with Gasteiger partial charge in [-0.05, 0) is 76.4 Å². The minimum Gasteiger partial charge on any atom is -0.481 e. The van der Waals surface area contributed by atoms with Crippen molar-refractivity contribution in [2.75, 3.05) is 13.6 Å². The number of carboxylic acid groups (broad SMARTS) is 1. The number of carbonyl (C=O) groups excluding carboxylic acids is 4. The molecule has 12 heteroatoms. The van der Waals surface area contributed by atoms with E-state index in [2.05, 4.69) is 20.5 Å². The van der Waals surface area contributed by atoms with Gasteiger partial charge in [0.25, 0.3) is 5.91 Å². The number of carbonyl (C=O) groups is 5. The number of aliphatic carboxylic acids is 1. The number of carboxylic acids is 1. The molecule has 0 radical (unpaired) electrons. The minimum atomic E-state index is -0.938. The van der Waals surface area contributed by atoms with E-state index in [0.717, 1.165) is 49.8 Å². The van der Waals surface area contributed by atoms with E-state index in [1.165, 1.54) is 18.3 Å². The second kappa shape index (κ2) is 18.0. The van der Waals surface area contributed by atoms with Crippen molar-refractivity contribution in [3.63, 3.8) is 0 Å². The number of aryl methyl sites for hydroxylation is 1. The van der Waals surface area contributed by atoms with Crippen LogP contribution in [0.25, 0.3) is 0 Å². The Morgan fingerprint density at radius 1 is 1.02 bits per heavy atom. The maximum absolute atomic E-state index is 13.8. The van der Waals surface area contributed by atoms with E-state index >= 15 is 0 Å². The van der Waals surface area contributed by atoms with E-state index in [4.69, 9.17) is 4.74 Å². The van der Waals surface area contributed by atoms with E-state index < -0.39 is 41.8 Å².